The largest absolute Gasteiger partial charge is 0.497 e. The van der Waals surface area contributed by atoms with Crippen LogP contribution in [0.4, 0.5) is 9.18 Å². The highest BCUT2D eigenvalue weighted by Crippen LogP contribution is 2.25. The number of alkyl halides is 1. The third kappa shape index (κ3) is 8.51. The first-order valence-corrected chi connectivity index (χ1v) is 10.3. The molecule has 8 nitrogen and oxygen atoms in total. The van der Waals surface area contributed by atoms with Crippen LogP contribution in [0, 0.1) is 0 Å². The van der Waals surface area contributed by atoms with Crippen molar-refractivity contribution in [2.75, 3.05) is 21.1 Å². The first kappa shape index (κ1) is 25.8. The topological polar surface area (TPSA) is 92.3 Å². The maximum Gasteiger partial charge on any atom is 0.408 e. The van der Waals surface area contributed by atoms with E-state index in [2.05, 4.69) is 5.32 Å². The van der Waals surface area contributed by atoms with Crippen LogP contribution in [0.5, 0.6) is 17.2 Å². The molecule has 1 atom stereocenters. The van der Waals surface area contributed by atoms with Crippen LogP contribution in [0.1, 0.15) is 31.9 Å². The van der Waals surface area contributed by atoms with Crippen molar-refractivity contribution < 1.29 is 37.7 Å². The molecule has 0 radical (unpaired) electrons. The number of amides is 1. The molecule has 0 bridgehead atoms. The highest BCUT2D eigenvalue weighted by molar-refractivity contribution is 5.81. The number of hydrogen-bond donors (Lipinski definition) is 1. The van der Waals surface area contributed by atoms with Gasteiger partial charge in [-0.2, -0.15) is 0 Å². The fourth-order valence-electron chi connectivity index (χ4n) is 2.88. The Labute approximate surface area is 192 Å². The summed E-state index contributed by atoms with van der Waals surface area (Å²) in [7, 11) is 3.04. The van der Waals surface area contributed by atoms with E-state index in [0.29, 0.717) is 28.4 Å². The number of rotatable bonds is 10. The van der Waals surface area contributed by atoms with Crippen molar-refractivity contribution in [1.82, 2.24) is 5.32 Å². The summed E-state index contributed by atoms with van der Waals surface area (Å²) in [5.41, 5.74) is 0.608. The van der Waals surface area contributed by atoms with Gasteiger partial charge in [-0.25, -0.2) is 14.0 Å². The van der Waals surface area contributed by atoms with Crippen LogP contribution < -0.4 is 19.5 Å². The molecular weight excluding hydrogens is 432 g/mol. The third-order valence-electron chi connectivity index (χ3n) is 4.42. The van der Waals surface area contributed by atoms with Gasteiger partial charge in [-0.05, 0) is 50.6 Å². The Bertz CT molecular complexity index is 925. The Kier molecular flexibility index (Phi) is 9.32. The molecule has 9 heteroatoms. The van der Waals surface area contributed by atoms with E-state index in [1.54, 1.807) is 63.2 Å². The van der Waals surface area contributed by atoms with Crippen molar-refractivity contribution in [3.8, 4) is 17.2 Å². The Morgan fingerprint density at radius 2 is 1.67 bits per heavy atom. The molecule has 2 aromatic carbocycles. The monoisotopic (exact) mass is 462 g/mol. The molecule has 0 aromatic heterocycles. The molecule has 0 unspecified atom stereocenters. The zero-order valence-electron chi connectivity index (χ0n) is 19.5. The molecule has 0 aliphatic carbocycles. The molecule has 0 fully saturated rings. The van der Waals surface area contributed by atoms with Crippen molar-refractivity contribution in [1.29, 1.82) is 0 Å². The second-order valence-electron chi connectivity index (χ2n) is 8.09. The predicted octanol–water partition coefficient (Wildman–Crippen LogP) is 4.19. The number of benzene rings is 2. The van der Waals surface area contributed by atoms with Gasteiger partial charge in [0.05, 0.1) is 14.2 Å². The van der Waals surface area contributed by atoms with Gasteiger partial charge < -0.3 is 29.0 Å². The van der Waals surface area contributed by atoms with Crippen LogP contribution in [0.15, 0.2) is 42.5 Å². The number of alkyl carbamates (subject to hydrolysis) is 1. The molecule has 0 heterocycles. The van der Waals surface area contributed by atoms with Crippen LogP contribution >= 0.6 is 0 Å². The van der Waals surface area contributed by atoms with E-state index >= 15 is 0 Å². The number of nitrogens with one attached hydrogen (secondary N) is 1. The van der Waals surface area contributed by atoms with Crippen LogP contribution in [0.2, 0.25) is 0 Å². The number of hydrogen-bond acceptors (Lipinski definition) is 7. The quantitative estimate of drug-likeness (QED) is 0.529. The van der Waals surface area contributed by atoms with Crippen LogP contribution in [0.25, 0.3) is 0 Å². The predicted molar refractivity (Wildman–Crippen MR) is 119 cm³/mol. The molecule has 0 aliphatic heterocycles. The summed E-state index contributed by atoms with van der Waals surface area (Å²) in [6.07, 6.45) is -0.614. The minimum atomic E-state index is -1.02. The number of esters is 1. The van der Waals surface area contributed by atoms with E-state index in [9.17, 15) is 14.0 Å². The normalized spacial score (nSPS) is 11.8. The molecule has 180 valence electrons. The fourth-order valence-corrected chi connectivity index (χ4v) is 2.88. The average molecular weight is 463 g/mol. The Morgan fingerprint density at radius 1 is 1.00 bits per heavy atom. The SMILES string of the molecule is COc1ccc(COC(=O)[C@@H](Cc2ccc(OC[18F])cc2)NC(=O)OC(C)(C)C)c(OC)c1. The number of halogens is 1. The molecule has 33 heavy (non-hydrogen) atoms. The maximum absolute atomic E-state index is 12.9. The van der Waals surface area contributed by atoms with Crippen LogP contribution in [-0.2, 0) is 27.3 Å². The highest BCUT2D eigenvalue weighted by Gasteiger charge is 2.26. The standard InChI is InChI=1S/C24H30FNO7/c1-24(2,3)33-23(28)26-20(12-16-6-9-18(10-7-16)32-15-25)22(27)31-14-17-8-11-19(29-4)13-21(17)30-5/h6-11,13,20H,12,14-15H2,1-5H3,(H,26,28)/t20-/m1/s1/i25-1. The van der Waals surface area contributed by atoms with Crippen LogP contribution in [0.3, 0.4) is 0 Å². The lowest BCUT2D eigenvalue weighted by atomic mass is 10.1. The van der Waals surface area contributed by atoms with E-state index < -0.39 is 30.6 Å². The van der Waals surface area contributed by atoms with Gasteiger partial charge in [0.2, 0.25) is 6.86 Å². The van der Waals surface area contributed by atoms with E-state index in [0.717, 1.165) is 0 Å². The van der Waals surface area contributed by atoms with E-state index in [4.69, 9.17) is 23.7 Å². The molecule has 1 N–H and O–H groups in total. The van der Waals surface area contributed by atoms with Gasteiger partial charge in [0.1, 0.15) is 35.5 Å². The van der Waals surface area contributed by atoms with Crippen molar-refractivity contribution >= 4 is 12.1 Å². The summed E-state index contributed by atoms with van der Waals surface area (Å²) >= 11 is 0. The number of methoxy groups -OCH3 is 2. The molecule has 2 rings (SSSR count). The number of carbonyl (C=O) groups excluding carboxylic acids is 2. The average Bonchev–Trinajstić information content (AvgIpc) is 2.77. The Morgan fingerprint density at radius 3 is 2.24 bits per heavy atom. The van der Waals surface area contributed by atoms with E-state index in [1.807, 2.05) is 0 Å². The summed E-state index contributed by atoms with van der Waals surface area (Å²) in [5.74, 6) is 0.809. The van der Waals surface area contributed by atoms with Crippen molar-refractivity contribution in [2.45, 2.75) is 45.4 Å². The first-order valence-electron chi connectivity index (χ1n) is 10.3. The summed E-state index contributed by atoms with van der Waals surface area (Å²) in [6, 6.07) is 10.6. The number of carbonyl (C=O) groups is 2. The summed E-state index contributed by atoms with van der Waals surface area (Å²) in [4.78, 5) is 25.2. The molecule has 0 saturated heterocycles. The van der Waals surface area contributed by atoms with Crippen LogP contribution in [-0.4, -0.2) is 44.8 Å². The lowest BCUT2D eigenvalue weighted by Crippen LogP contribution is -2.45. The van der Waals surface area contributed by atoms with E-state index in [1.165, 1.54) is 14.2 Å². The van der Waals surface area contributed by atoms with Crippen molar-refractivity contribution in [2.24, 2.45) is 0 Å². The smallest absolute Gasteiger partial charge is 0.408 e. The lowest BCUT2D eigenvalue weighted by Gasteiger charge is -2.23. The third-order valence-corrected chi connectivity index (χ3v) is 4.42. The minimum Gasteiger partial charge on any atom is -0.497 e. The number of ether oxygens (including phenoxy) is 5. The molecule has 0 spiro atoms. The summed E-state index contributed by atoms with van der Waals surface area (Å²) < 4.78 is 38.4. The lowest BCUT2D eigenvalue weighted by molar-refractivity contribution is -0.147. The molecule has 2 aromatic rings. The summed E-state index contributed by atoms with van der Waals surface area (Å²) in [6.45, 7) is 4.16. The van der Waals surface area contributed by atoms with E-state index in [-0.39, 0.29) is 13.0 Å². The molecule has 0 aliphatic rings. The zero-order chi connectivity index (χ0) is 24.4. The molecule has 0 saturated carbocycles. The van der Waals surface area contributed by atoms with Gasteiger partial charge in [0.25, 0.3) is 0 Å². The Balaban J connectivity index is 2.14. The van der Waals surface area contributed by atoms with Crippen molar-refractivity contribution in [3.05, 3.63) is 53.6 Å². The van der Waals surface area contributed by atoms with Gasteiger partial charge >= 0.3 is 12.1 Å². The second kappa shape index (κ2) is 11.9. The second-order valence-corrected chi connectivity index (χ2v) is 8.09. The minimum absolute atomic E-state index is 0.0677. The van der Waals surface area contributed by atoms with Gasteiger partial charge in [-0.1, -0.05) is 12.1 Å². The van der Waals surface area contributed by atoms with Gasteiger partial charge in [0.15, 0.2) is 0 Å². The zero-order valence-corrected chi connectivity index (χ0v) is 19.5. The van der Waals surface area contributed by atoms with Gasteiger partial charge in [0, 0.05) is 18.1 Å². The fraction of sp³-hybridized carbons (Fsp3) is 0.417. The molecular formula is C24H30FNO7. The highest BCUT2D eigenvalue weighted by atomic mass is 18.2. The first-order chi connectivity index (χ1) is 15.6. The summed E-state index contributed by atoms with van der Waals surface area (Å²) in [5, 5.41) is 2.57. The Hall–Kier alpha value is -3.49. The maximum atomic E-state index is 12.9. The molecule has 1 amide bonds. The van der Waals surface area contributed by atoms with Crippen molar-refractivity contribution in [3.63, 3.8) is 0 Å². The van der Waals surface area contributed by atoms with Gasteiger partial charge in [-0.15, -0.1) is 0 Å². The van der Waals surface area contributed by atoms with Gasteiger partial charge in [-0.3, -0.25) is 0 Å².